The molecule has 0 spiro atoms. The van der Waals surface area contributed by atoms with E-state index in [1.165, 1.54) is 12.1 Å². The largest absolute Gasteiger partial charge is 0.444 e. The number of fused-ring (bicyclic) bond motifs is 1. The van der Waals surface area contributed by atoms with Gasteiger partial charge in [-0.25, -0.2) is 18.9 Å². The molecule has 4 aromatic rings. The first-order valence-corrected chi connectivity index (χ1v) is 12.5. The number of anilines is 2. The first-order valence-electron chi connectivity index (χ1n) is 12.5. The third kappa shape index (κ3) is 5.36. The highest BCUT2D eigenvalue weighted by molar-refractivity contribution is 5.79. The quantitative estimate of drug-likeness (QED) is 0.415. The van der Waals surface area contributed by atoms with Crippen molar-refractivity contribution < 1.29 is 13.9 Å². The summed E-state index contributed by atoms with van der Waals surface area (Å²) >= 11 is 0. The van der Waals surface area contributed by atoms with Crippen molar-refractivity contribution in [1.82, 2.24) is 29.2 Å². The van der Waals surface area contributed by atoms with Crippen molar-refractivity contribution in [2.75, 3.05) is 18.4 Å². The topological polar surface area (TPSA) is 107 Å². The first-order chi connectivity index (χ1) is 18.1. The van der Waals surface area contributed by atoms with Gasteiger partial charge in [-0.1, -0.05) is 6.07 Å². The number of piperidine rings is 1. The number of nitrogens with one attached hydrogen (secondary N) is 1. The number of likely N-dealkylation sites (tertiary alicyclic amines) is 1. The molecule has 38 heavy (non-hydrogen) atoms. The lowest BCUT2D eigenvalue weighted by molar-refractivity contribution is 0.0173. The Bertz CT molecular complexity index is 1560. The Morgan fingerprint density at radius 2 is 2.03 bits per heavy atom. The summed E-state index contributed by atoms with van der Waals surface area (Å²) < 4.78 is 22.4. The third-order valence-corrected chi connectivity index (χ3v) is 6.31. The van der Waals surface area contributed by atoms with Crippen LogP contribution in [0, 0.1) is 12.7 Å². The second kappa shape index (κ2) is 9.88. The maximum absolute atomic E-state index is 13.6. The number of aromatic nitrogens is 5. The van der Waals surface area contributed by atoms with E-state index in [1.54, 1.807) is 50.8 Å². The van der Waals surface area contributed by atoms with Crippen LogP contribution in [0.3, 0.4) is 0 Å². The number of carbonyl (C=O) groups is 1. The van der Waals surface area contributed by atoms with Crippen LogP contribution < -0.4 is 10.9 Å². The fourth-order valence-corrected chi connectivity index (χ4v) is 4.61. The molecule has 5 rings (SSSR count). The van der Waals surface area contributed by atoms with Crippen LogP contribution in [-0.2, 0) is 4.74 Å². The molecule has 4 heterocycles. The Balaban J connectivity index is 1.45. The molecule has 1 aliphatic rings. The zero-order valence-corrected chi connectivity index (χ0v) is 21.8. The maximum atomic E-state index is 13.6. The molecule has 1 aromatic carbocycles. The first kappa shape index (κ1) is 25.4. The Morgan fingerprint density at radius 1 is 1.21 bits per heavy atom. The smallest absolute Gasteiger partial charge is 0.410 e. The summed E-state index contributed by atoms with van der Waals surface area (Å²) in [4.78, 5) is 36.7. The monoisotopic (exact) mass is 519 g/mol. The summed E-state index contributed by atoms with van der Waals surface area (Å²) in [6.07, 6.45) is 4.44. The van der Waals surface area contributed by atoms with E-state index in [0.29, 0.717) is 30.2 Å². The van der Waals surface area contributed by atoms with Gasteiger partial charge in [-0.15, -0.1) is 0 Å². The molecule has 198 valence electrons. The second-order valence-electron chi connectivity index (χ2n) is 10.4. The summed E-state index contributed by atoms with van der Waals surface area (Å²) in [5.74, 6) is 0.371. The molecule has 0 unspecified atom stereocenters. The van der Waals surface area contributed by atoms with Gasteiger partial charge < -0.3 is 15.0 Å². The third-order valence-electron chi connectivity index (χ3n) is 6.31. The van der Waals surface area contributed by atoms with Gasteiger partial charge in [-0.2, -0.15) is 10.1 Å². The number of carbonyl (C=O) groups excluding carboxylic acids is 1. The average Bonchev–Trinajstić information content (AvgIpc) is 3.31. The number of rotatable bonds is 4. The zero-order valence-electron chi connectivity index (χ0n) is 21.8. The van der Waals surface area contributed by atoms with Gasteiger partial charge in [0.15, 0.2) is 5.82 Å². The van der Waals surface area contributed by atoms with Crippen molar-refractivity contribution in [1.29, 1.82) is 0 Å². The van der Waals surface area contributed by atoms with Gasteiger partial charge >= 0.3 is 6.09 Å². The number of nitrogens with zero attached hydrogens (tertiary/aromatic N) is 6. The van der Waals surface area contributed by atoms with Gasteiger partial charge in [0.1, 0.15) is 17.1 Å². The van der Waals surface area contributed by atoms with Crippen molar-refractivity contribution in [2.24, 2.45) is 0 Å². The second-order valence-corrected chi connectivity index (χ2v) is 10.4. The number of hydrogen-bond donors (Lipinski definition) is 1. The molecule has 0 radical (unpaired) electrons. The molecule has 0 aliphatic carbocycles. The number of amides is 1. The van der Waals surface area contributed by atoms with Crippen molar-refractivity contribution in [3.63, 3.8) is 0 Å². The Hall–Kier alpha value is -4.28. The summed E-state index contributed by atoms with van der Waals surface area (Å²) in [5.41, 5.74) is 1.03. The molecule has 3 aromatic heterocycles. The summed E-state index contributed by atoms with van der Waals surface area (Å²) in [5, 5.41) is 8.26. The number of hydrogen-bond acceptors (Lipinski definition) is 7. The molecule has 1 atom stereocenters. The molecule has 1 fully saturated rings. The van der Waals surface area contributed by atoms with E-state index in [9.17, 15) is 14.0 Å². The standard InChI is InChI=1S/C27H30FN7O3/c1-17-13-23(36)35(20-9-6-11-33(16-20)26(37)38-27(2,3)4)24-21(17)15-29-25(31-24)30-22-10-12-34(32-22)19-8-5-7-18(28)14-19/h5,7-8,10,12-15,20H,6,9,11,16H2,1-4H3,(H,29,30,31,32)/t20-/m1/s1. The minimum Gasteiger partial charge on any atom is -0.444 e. The minimum absolute atomic E-state index is 0.189. The van der Waals surface area contributed by atoms with Gasteiger partial charge in [-0.3, -0.25) is 9.36 Å². The Kier molecular flexibility index (Phi) is 6.60. The maximum Gasteiger partial charge on any atom is 0.410 e. The van der Waals surface area contributed by atoms with Crippen LogP contribution in [0.4, 0.5) is 21.0 Å². The zero-order chi connectivity index (χ0) is 27.0. The number of pyridine rings is 1. The molecular weight excluding hydrogens is 489 g/mol. The van der Waals surface area contributed by atoms with Gasteiger partial charge in [0.05, 0.1) is 11.7 Å². The van der Waals surface area contributed by atoms with E-state index < -0.39 is 11.7 Å². The number of halogens is 1. The molecular formula is C27H30FN7O3. The molecule has 11 heteroatoms. The lowest BCUT2D eigenvalue weighted by Crippen LogP contribution is -2.45. The van der Waals surface area contributed by atoms with Gasteiger partial charge in [0, 0.05) is 43.0 Å². The molecule has 0 saturated carbocycles. The van der Waals surface area contributed by atoms with E-state index in [4.69, 9.17) is 4.74 Å². The van der Waals surface area contributed by atoms with Gasteiger partial charge in [-0.05, 0) is 64.3 Å². The van der Waals surface area contributed by atoms with Crippen LogP contribution in [0.15, 0.2) is 53.6 Å². The highest BCUT2D eigenvalue weighted by atomic mass is 19.1. The fourth-order valence-electron chi connectivity index (χ4n) is 4.61. The van der Waals surface area contributed by atoms with Crippen molar-refractivity contribution in [3.05, 3.63) is 70.5 Å². The highest BCUT2D eigenvalue weighted by Gasteiger charge is 2.30. The van der Waals surface area contributed by atoms with Crippen molar-refractivity contribution in [2.45, 2.75) is 52.2 Å². The van der Waals surface area contributed by atoms with E-state index >= 15 is 0 Å². The molecule has 1 saturated heterocycles. The average molecular weight is 520 g/mol. The number of aryl methyl sites for hydroxylation is 1. The predicted molar refractivity (Wildman–Crippen MR) is 141 cm³/mol. The van der Waals surface area contributed by atoms with Crippen LogP contribution in [0.2, 0.25) is 0 Å². The minimum atomic E-state index is -0.604. The van der Waals surface area contributed by atoms with Crippen molar-refractivity contribution in [3.8, 4) is 5.69 Å². The molecule has 0 bridgehead atoms. The molecule has 10 nitrogen and oxygen atoms in total. The van der Waals surface area contributed by atoms with Crippen LogP contribution in [0.5, 0.6) is 0 Å². The van der Waals surface area contributed by atoms with E-state index in [0.717, 1.165) is 23.8 Å². The number of benzene rings is 1. The summed E-state index contributed by atoms with van der Waals surface area (Å²) in [6.45, 7) is 8.25. The van der Waals surface area contributed by atoms with E-state index in [2.05, 4.69) is 20.4 Å². The van der Waals surface area contributed by atoms with E-state index in [1.807, 2.05) is 27.7 Å². The Morgan fingerprint density at radius 3 is 2.79 bits per heavy atom. The predicted octanol–water partition coefficient (Wildman–Crippen LogP) is 4.74. The molecule has 1 amide bonds. The molecule has 1 aliphatic heterocycles. The lowest BCUT2D eigenvalue weighted by atomic mass is 10.0. The van der Waals surface area contributed by atoms with Gasteiger partial charge in [0.25, 0.3) is 5.56 Å². The SMILES string of the molecule is Cc1cc(=O)n([C@@H]2CCCN(C(=O)OC(C)(C)C)C2)c2nc(Nc3ccn(-c4cccc(F)c4)n3)ncc12. The summed E-state index contributed by atoms with van der Waals surface area (Å²) in [7, 11) is 0. The van der Waals surface area contributed by atoms with Crippen molar-refractivity contribution >= 4 is 28.9 Å². The van der Waals surface area contributed by atoms with Crippen LogP contribution in [0.25, 0.3) is 16.7 Å². The number of ether oxygens (including phenoxy) is 1. The summed E-state index contributed by atoms with van der Waals surface area (Å²) in [6, 6.07) is 9.15. The fraction of sp³-hybridized carbons (Fsp3) is 0.370. The van der Waals surface area contributed by atoms with Crippen LogP contribution in [0.1, 0.15) is 45.2 Å². The van der Waals surface area contributed by atoms with Crippen LogP contribution in [-0.4, -0.2) is 54.0 Å². The Labute approximate surface area is 219 Å². The highest BCUT2D eigenvalue weighted by Crippen LogP contribution is 2.26. The van der Waals surface area contributed by atoms with Crippen LogP contribution >= 0.6 is 0 Å². The normalized spacial score (nSPS) is 16.0. The molecule has 1 N–H and O–H groups in total. The van der Waals surface area contributed by atoms with Gasteiger partial charge in [0.2, 0.25) is 5.95 Å². The lowest BCUT2D eigenvalue weighted by Gasteiger charge is -2.35. The van der Waals surface area contributed by atoms with E-state index in [-0.39, 0.29) is 23.4 Å².